The molecule has 1 nitrogen and oxygen atoms in total. The lowest BCUT2D eigenvalue weighted by Gasteiger charge is -2.03. The van der Waals surface area contributed by atoms with Crippen LogP contribution in [0.3, 0.4) is 0 Å². The first kappa shape index (κ1) is 20.8. The van der Waals surface area contributed by atoms with Crippen LogP contribution < -0.4 is 0 Å². The average molecular weight is 387 g/mol. The Balaban J connectivity index is 1.75. The largest absolute Gasteiger partial charge is 0.289 e. The Bertz CT molecular complexity index is 689. The number of thioether (sulfide) groups is 1. The van der Waals surface area contributed by atoms with Gasteiger partial charge in [-0.1, -0.05) is 68.8 Å². The van der Waals surface area contributed by atoms with Crippen LogP contribution in [0.25, 0.3) is 6.08 Å². The molecule has 0 radical (unpaired) electrons. The highest BCUT2D eigenvalue weighted by Gasteiger charge is 2.02. The van der Waals surface area contributed by atoms with Crippen molar-refractivity contribution in [2.45, 2.75) is 50.3 Å². The molecule has 0 N–H and O–H groups in total. The maximum atomic E-state index is 12.3. The third-order valence-electron chi connectivity index (χ3n) is 4.20. The normalized spacial score (nSPS) is 11.2. The van der Waals surface area contributed by atoms with E-state index in [-0.39, 0.29) is 5.78 Å². The van der Waals surface area contributed by atoms with E-state index in [1.807, 2.05) is 66.4 Å². The fourth-order valence-corrected chi connectivity index (χ4v) is 3.67. The summed E-state index contributed by atoms with van der Waals surface area (Å²) in [7, 11) is 0. The Morgan fingerprint density at radius 3 is 2.27 bits per heavy atom. The summed E-state index contributed by atoms with van der Waals surface area (Å²) in [5.74, 6) is 1.17. The minimum Gasteiger partial charge on any atom is -0.289 e. The quantitative estimate of drug-likeness (QED) is 0.170. The number of unbranched alkanes of at least 4 members (excludes halogenated alkanes) is 5. The van der Waals surface area contributed by atoms with Gasteiger partial charge in [-0.05, 0) is 60.2 Å². The second kappa shape index (κ2) is 12.0. The Morgan fingerprint density at radius 1 is 0.923 bits per heavy atom. The average Bonchev–Trinajstić information content (AvgIpc) is 2.67. The van der Waals surface area contributed by atoms with E-state index in [4.69, 9.17) is 11.6 Å². The summed E-state index contributed by atoms with van der Waals surface area (Å²) in [6.07, 6.45) is 11.4. The number of hydrogen-bond donors (Lipinski definition) is 0. The predicted octanol–water partition coefficient (Wildman–Crippen LogP) is 7.69. The summed E-state index contributed by atoms with van der Waals surface area (Å²) < 4.78 is 0. The highest BCUT2D eigenvalue weighted by Crippen LogP contribution is 2.21. The van der Waals surface area contributed by atoms with Gasteiger partial charge in [-0.3, -0.25) is 4.79 Å². The van der Waals surface area contributed by atoms with Gasteiger partial charge in [0.2, 0.25) is 0 Å². The van der Waals surface area contributed by atoms with E-state index in [2.05, 4.69) is 6.92 Å². The molecule has 2 rings (SSSR count). The van der Waals surface area contributed by atoms with Crippen molar-refractivity contribution in [2.24, 2.45) is 0 Å². The van der Waals surface area contributed by atoms with E-state index in [0.29, 0.717) is 5.02 Å². The van der Waals surface area contributed by atoms with E-state index in [0.717, 1.165) is 16.9 Å². The van der Waals surface area contributed by atoms with Crippen molar-refractivity contribution in [1.82, 2.24) is 0 Å². The molecule has 3 heteroatoms. The number of allylic oxidation sites excluding steroid dienone is 1. The zero-order valence-corrected chi connectivity index (χ0v) is 17.0. The van der Waals surface area contributed by atoms with Gasteiger partial charge in [-0.2, -0.15) is 0 Å². The van der Waals surface area contributed by atoms with Crippen molar-refractivity contribution in [2.75, 3.05) is 5.75 Å². The Labute approximate surface area is 166 Å². The molecule has 0 fully saturated rings. The molecule has 26 heavy (non-hydrogen) atoms. The predicted molar refractivity (Wildman–Crippen MR) is 115 cm³/mol. The molecule has 0 bridgehead atoms. The molecule has 0 aliphatic heterocycles. The molecule has 0 aliphatic rings. The topological polar surface area (TPSA) is 17.1 Å². The van der Waals surface area contributed by atoms with Crippen LogP contribution in [0.1, 0.15) is 61.4 Å². The smallest absolute Gasteiger partial charge is 0.185 e. The highest BCUT2D eigenvalue weighted by atomic mass is 35.5. The van der Waals surface area contributed by atoms with Gasteiger partial charge in [0.1, 0.15) is 0 Å². The molecule has 0 atom stereocenters. The third-order valence-corrected chi connectivity index (χ3v) is 5.55. The standard InChI is InChI=1S/C23H27ClOS/c1-2-3-4-5-6-7-18-26-22-15-11-20(12-16-22)23(25)17-10-19-8-13-21(24)14-9-19/h8-17H,2-7,18H2,1H3. The molecular formula is C23H27ClOS. The van der Waals surface area contributed by atoms with Crippen LogP contribution in [0.5, 0.6) is 0 Å². The van der Waals surface area contributed by atoms with Crippen molar-refractivity contribution < 1.29 is 4.79 Å². The Hall–Kier alpha value is -1.51. The first-order chi connectivity index (χ1) is 12.7. The molecular weight excluding hydrogens is 360 g/mol. The zero-order valence-electron chi connectivity index (χ0n) is 15.4. The summed E-state index contributed by atoms with van der Waals surface area (Å²) in [6.45, 7) is 2.25. The number of benzene rings is 2. The molecule has 0 aliphatic carbocycles. The van der Waals surface area contributed by atoms with E-state index in [9.17, 15) is 4.79 Å². The minimum absolute atomic E-state index is 0.0208. The van der Waals surface area contributed by atoms with Gasteiger partial charge < -0.3 is 0 Å². The molecule has 0 unspecified atom stereocenters. The van der Waals surface area contributed by atoms with Gasteiger partial charge >= 0.3 is 0 Å². The molecule has 0 amide bonds. The van der Waals surface area contributed by atoms with Crippen molar-refractivity contribution in [1.29, 1.82) is 0 Å². The lowest BCUT2D eigenvalue weighted by molar-refractivity contribution is 0.104. The lowest BCUT2D eigenvalue weighted by atomic mass is 10.1. The number of carbonyl (C=O) groups excluding carboxylic acids is 1. The van der Waals surface area contributed by atoms with E-state index < -0.39 is 0 Å². The Morgan fingerprint density at radius 2 is 1.58 bits per heavy atom. The Kier molecular flexibility index (Phi) is 9.58. The third kappa shape index (κ3) is 7.80. The van der Waals surface area contributed by atoms with Crippen LogP contribution >= 0.6 is 23.4 Å². The maximum absolute atomic E-state index is 12.3. The maximum Gasteiger partial charge on any atom is 0.185 e. The first-order valence-electron chi connectivity index (χ1n) is 9.40. The molecule has 0 saturated heterocycles. The van der Waals surface area contributed by atoms with Crippen molar-refractivity contribution >= 4 is 35.2 Å². The van der Waals surface area contributed by atoms with Crippen molar-refractivity contribution in [3.05, 3.63) is 70.8 Å². The number of hydrogen-bond acceptors (Lipinski definition) is 2. The molecule has 2 aromatic rings. The van der Waals surface area contributed by atoms with Crippen molar-refractivity contribution in [3.63, 3.8) is 0 Å². The van der Waals surface area contributed by atoms with Gasteiger partial charge in [0.25, 0.3) is 0 Å². The summed E-state index contributed by atoms with van der Waals surface area (Å²) in [5, 5.41) is 0.697. The molecule has 0 heterocycles. The van der Waals surface area contributed by atoms with E-state index in [1.165, 1.54) is 43.4 Å². The summed E-state index contributed by atoms with van der Waals surface area (Å²) in [6, 6.07) is 15.4. The van der Waals surface area contributed by atoms with Crippen LogP contribution in [0.15, 0.2) is 59.5 Å². The minimum atomic E-state index is 0.0208. The van der Waals surface area contributed by atoms with E-state index in [1.54, 1.807) is 6.08 Å². The van der Waals surface area contributed by atoms with Crippen LogP contribution in [0, 0.1) is 0 Å². The summed E-state index contributed by atoms with van der Waals surface area (Å²) in [5.41, 5.74) is 1.69. The number of rotatable bonds is 11. The van der Waals surface area contributed by atoms with Gasteiger partial charge in [0.15, 0.2) is 5.78 Å². The molecule has 0 saturated carbocycles. The second-order valence-corrected chi connectivity index (χ2v) is 7.99. The highest BCUT2D eigenvalue weighted by molar-refractivity contribution is 7.99. The summed E-state index contributed by atoms with van der Waals surface area (Å²) >= 11 is 7.74. The molecule has 2 aromatic carbocycles. The second-order valence-electron chi connectivity index (χ2n) is 6.39. The van der Waals surface area contributed by atoms with Gasteiger partial charge in [-0.25, -0.2) is 0 Å². The van der Waals surface area contributed by atoms with E-state index >= 15 is 0 Å². The van der Waals surface area contributed by atoms with Crippen LogP contribution in [-0.2, 0) is 0 Å². The molecule has 0 aromatic heterocycles. The molecule has 0 spiro atoms. The van der Waals surface area contributed by atoms with Crippen molar-refractivity contribution in [3.8, 4) is 0 Å². The SMILES string of the molecule is CCCCCCCCSc1ccc(C(=O)C=Cc2ccc(Cl)cc2)cc1. The molecule has 138 valence electrons. The van der Waals surface area contributed by atoms with Crippen LogP contribution in [0.2, 0.25) is 5.02 Å². The number of carbonyl (C=O) groups is 1. The van der Waals surface area contributed by atoms with Crippen LogP contribution in [-0.4, -0.2) is 11.5 Å². The van der Waals surface area contributed by atoms with Gasteiger partial charge in [0, 0.05) is 15.5 Å². The van der Waals surface area contributed by atoms with Gasteiger partial charge in [-0.15, -0.1) is 11.8 Å². The zero-order chi connectivity index (χ0) is 18.6. The van der Waals surface area contributed by atoms with Crippen LogP contribution in [0.4, 0.5) is 0 Å². The van der Waals surface area contributed by atoms with Gasteiger partial charge in [0.05, 0.1) is 0 Å². The fourth-order valence-electron chi connectivity index (χ4n) is 2.63. The summed E-state index contributed by atoms with van der Waals surface area (Å²) in [4.78, 5) is 13.5. The first-order valence-corrected chi connectivity index (χ1v) is 10.8. The number of ketones is 1. The number of halogens is 1. The monoisotopic (exact) mass is 386 g/mol. The lowest BCUT2D eigenvalue weighted by Crippen LogP contribution is -1.93. The fraction of sp³-hybridized carbons (Fsp3) is 0.348.